The second-order valence-corrected chi connectivity index (χ2v) is 5.00. The van der Waals surface area contributed by atoms with Crippen LogP contribution in [-0.4, -0.2) is 17.9 Å². The Kier molecular flexibility index (Phi) is 5.30. The highest BCUT2D eigenvalue weighted by Crippen LogP contribution is 2.30. The molecule has 0 heterocycles. The topological polar surface area (TPSA) is 81.5 Å². The van der Waals surface area contributed by atoms with Crippen molar-refractivity contribution >= 4 is 17.3 Å². The van der Waals surface area contributed by atoms with Gasteiger partial charge in [0.1, 0.15) is 5.75 Å². The van der Waals surface area contributed by atoms with Crippen LogP contribution < -0.4 is 10.1 Å². The molecule has 0 aromatic heterocycles. The Labute approximate surface area is 134 Å². The first-order valence-electron chi connectivity index (χ1n) is 7.25. The summed E-state index contributed by atoms with van der Waals surface area (Å²) in [5, 5.41) is 13.6. The van der Waals surface area contributed by atoms with Crippen molar-refractivity contribution in [2.45, 2.75) is 19.3 Å². The number of nitrogens with zero attached hydrogens (tertiary/aromatic N) is 1. The maximum Gasteiger partial charge on any atom is 0.273 e. The molecular weight excluding hydrogens is 296 g/mol. The van der Waals surface area contributed by atoms with Crippen molar-refractivity contribution in [3.63, 3.8) is 0 Å². The summed E-state index contributed by atoms with van der Waals surface area (Å²) in [6.45, 7) is 1.93. The number of carbonyl (C=O) groups is 1. The summed E-state index contributed by atoms with van der Waals surface area (Å²) < 4.78 is 5.14. The molecule has 6 heteroatoms. The highest BCUT2D eigenvalue weighted by molar-refractivity contribution is 5.97. The molecule has 1 unspecified atom stereocenters. The fraction of sp³-hybridized carbons (Fsp3) is 0.235. The standard InChI is InChI=1S/C17H18N2O4/c1-3-14(12-7-5-4-6-8-12)17(20)18-15-10-9-13(19(21)22)11-16(15)23-2/h4-11,14H,3H2,1-2H3,(H,18,20). The van der Waals surface area contributed by atoms with Crippen LogP contribution in [0.3, 0.4) is 0 Å². The molecule has 0 saturated heterocycles. The zero-order chi connectivity index (χ0) is 16.8. The van der Waals surface area contributed by atoms with Gasteiger partial charge in [-0.3, -0.25) is 14.9 Å². The number of rotatable bonds is 6. The number of ether oxygens (including phenoxy) is 1. The molecule has 0 radical (unpaired) electrons. The van der Waals surface area contributed by atoms with E-state index in [0.29, 0.717) is 12.1 Å². The fourth-order valence-electron chi connectivity index (χ4n) is 2.37. The van der Waals surface area contributed by atoms with Gasteiger partial charge in [-0.25, -0.2) is 0 Å². The lowest BCUT2D eigenvalue weighted by Gasteiger charge is -2.16. The molecule has 120 valence electrons. The smallest absolute Gasteiger partial charge is 0.273 e. The van der Waals surface area contributed by atoms with Crippen LogP contribution in [0.15, 0.2) is 48.5 Å². The molecule has 6 nitrogen and oxygen atoms in total. The number of amides is 1. The quantitative estimate of drug-likeness (QED) is 0.650. The lowest BCUT2D eigenvalue weighted by Crippen LogP contribution is -2.21. The summed E-state index contributed by atoms with van der Waals surface area (Å²) in [6.07, 6.45) is 0.644. The van der Waals surface area contributed by atoms with Crippen LogP contribution >= 0.6 is 0 Å². The van der Waals surface area contributed by atoms with Crippen molar-refractivity contribution < 1.29 is 14.5 Å². The minimum absolute atomic E-state index is 0.0880. The zero-order valence-electron chi connectivity index (χ0n) is 13.0. The van der Waals surface area contributed by atoms with Crippen molar-refractivity contribution in [3.05, 3.63) is 64.2 Å². The van der Waals surface area contributed by atoms with E-state index in [0.717, 1.165) is 5.56 Å². The van der Waals surface area contributed by atoms with Gasteiger partial charge in [-0.2, -0.15) is 0 Å². The Balaban J connectivity index is 2.23. The Bertz CT molecular complexity index is 701. The molecule has 2 rings (SSSR count). The summed E-state index contributed by atoms with van der Waals surface area (Å²) in [4.78, 5) is 22.8. The molecule has 1 N–H and O–H groups in total. The van der Waals surface area contributed by atoms with E-state index in [1.807, 2.05) is 37.3 Å². The van der Waals surface area contributed by atoms with Crippen LogP contribution in [0, 0.1) is 10.1 Å². The van der Waals surface area contributed by atoms with Gasteiger partial charge in [0.25, 0.3) is 5.69 Å². The van der Waals surface area contributed by atoms with Crippen molar-refractivity contribution in [2.24, 2.45) is 0 Å². The lowest BCUT2D eigenvalue weighted by molar-refractivity contribution is -0.384. The SMILES string of the molecule is CCC(C(=O)Nc1ccc([N+](=O)[O-])cc1OC)c1ccccc1. The number of carbonyl (C=O) groups excluding carboxylic acids is 1. The maximum atomic E-state index is 12.5. The number of nitro groups is 1. The summed E-state index contributed by atoms with van der Waals surface area (Å²) in [7, 11) is 1.41. The van der Waals surface area contributed by atoms with Crippen LogP contribution in [0.1, 0.15) is 24.8 Å². The number of anilines is 1. The molecule has 1 amide bonds. The molecule has 0 fully saturated rings. The molecule has 0 aliphatic heterocycles. The first-order chi connectivity index (χ1) is 11.1. The summed E-state index contributed by atoms with van der Waals surface area (Å²) in [5.41, 5.74) is 1.25. The number of methoxy groups -OCH3 is 1. The predicted molar refractivity (Wildman–Crippen MR) is 87.8 cm³/mol. The van der Waals surface area contributed by atoms with E-state index in [2.05, 4.69) is 5.32 Å². The number of non-ortho nitro benzene ring substituents is 1. The van der Waals surface area contributed by atoms with Gasteiger partial charge in [-0.15, -0.1) is 0 Å². The monoisotopic (exact) mass is 314 g/mol. The molecular formula is C17H18N2O4. The third-order valence-electron chi connectivity index (χ3n) is 3.58. The van der Waals surface area contributed by atoms with Crippen molar-refractivity contribution in [1.29, 1.82) is 0 Å². The van der Waals surface area contributed by atoms with Gasteiger partial charge < -0.3 is 10.1 Å². The van der Waals surface area contributed by atoms with Crippen LogP contribution in [0.25, 0.3) is 0 Å². The number of nitro benzene ring substituents is 1. The molecule has 2 aromatic carbocycles. The van der Waals surface area contributed by atoms with Gasteiger partial charge in [0, 0.05) is 6.07 Å². The van der Waals surface area contributed by atoms with Crippen LogP contribution in [-0.2, 0) is 4.79 Å². The van der Waals surface area contributed by atoms with Crippen LogP contribution in [0.2, 0.25) is 0 Å². The van der Waals surface area contributed by atoms with E-state index in [1.54, 1.807) is 0 Å². The van der Waals surface area contributed by atoms with Gasteiger partial charge >= 0.3 is 0 Å². The summed E-state index contributed by atoms with van der Waals surface area (Å²) in [5.74, 6) is -0.211. The van der Waals surface area contributed by atoms with Gasteiger partial charge in [0.05, 0.1) is 29.7 Å². The first kappa shape index (κ1) is 16.5. The number of nitrogens with one attached hydrogen (secondary N) is 1. The number of hydrogen-bond acceptors (Lipinski definition) is 4. The van der Waals surface area contributed by atoms with Crippen molar-refractivity contribution in [2.75, 3.05) is 12.4 Å². The predicted octanol–water partition coefficient (Wildman–Crippen LogP) is 3.74. The van der Waals surface area contributed by atoms with Crippen LogP contribution in [0.5, 0.6) is 5.75 Å². The molecule has 1 atom stereocenters. The molecule has 0 bridgehead atoms. The molecule has 0 saturated carbocycles. The highest BCUT2D eigenvalue weighted by Gasteiger charge is 2.20. The first-order valence-corrected chi connectivity index (χ1v) is 7.25. The zero-order valence-corrected chi connectivity index (χ0v) is 13.0. The Morgan fingerprint density at radius 3 is 2.52 bits per heavy atom. The van der Waals surface area contributed by atoms with Crippen molar-refractivity contribution in [1.82, 2.24) is 0 Å². The lowest BCUT2D eigenvalue weighted by atomic mass is 9.95. The third kappa shape index (κ3) is 3.85. The van der Waals surface area contributed by atoms with E-state index >= 15 is 0 Å². The third-order valence-corrected chi connectivity index (χ3v) is 3.58. The molecule has 0 spiro atoms. The number of hydrogen-bond donors (Lipinski definition) is 1. The normalized spacial score (nSPS) is 11.6. The van der Waals surface area contributed by atoms with Crippen molar-refractivity contribution in [3.8, 4) is 5.75 Å². The highest BCUT2D eigenvalue weighted by atomic mass is 16.6. The second-order valence-electron chi connectivity index (χ2n) is 5.00. The van der Waals surface area contributed by atoms with E-state index in [9.17, 15) is 14.9 Å². The summed E-state index contributed by atoms with van der Waals surface area (Å²) >= 11 is 0. The fourth-order valence-corrected chi connectivity index (χ4v) is 2.37. The Hall–Kier alpha value is -2.89. The molecule has 2 aromatic rings. The Morgan fingerprint density at radius 1 is 1.26 bits per heavy atom. The van der Waals surface area contributed by atoms with E-state index < -0.39 is 4.92 Å². The largest absolute Gasteiger partial charge is 0.494 e. The Morgan fingerprint density at radius 2 is 1.96 bits per heavy atom. The molecule has 0 aliphatic rings. The minimum atomic E-state index is -0.507. The van der Waals surface area contributed by atoms with Crippen LogP contribution in [0.4, 0.5) is 11.4 Å². The molecule has 23 heavy (non-hydrogen) atoms. The summed E-state index contributed by atoms with van der Waals surface area (Å²) in [6, 6.07) is 13.6. The average Bonchev–Trinajstić information content (AvgIpc) is 2.56. The van der Waals surface area contributed by atoms with E-state index in [-0.39, 0.29) is 23.3 Å². The van der Waals surface area contributed by atoms with Gasteiger partial charge in [0.2, 0.25) is 5.91 Å². The molecule has 0 aliphatic carbocycles. The maximum absolute atomic E-state index is 12.5. The van der Waals surface area contributed by atoms with Gasteiger partial charge in [-0.1, -0.05) is 37.3 Å². The van der Waals surface area contributed by atoms with Gasteiger partial charge in [-0.05, 0) is 18.1 Å². The average molecular weight is 314 g/mol. The minimum Gasteiger partial charge on any atom is -0.494 e. The second kappa shape index (κ2) is 7.40. The van der Waals surface area contributed by atoms with E-state index in [1.165, 1.54) is 25.3 Å². The number of benzene rings is 2. The van der Waals surface area contributed by atoms with E-state index in [4.69, 9.17) is 4.74 Å². The van der Waals surface area contributed by atoms with Gasteiger partial charge in [0.15, 0.2) is 0 Å².